The second-order valence-corrected chi connectivity index (χ2v) is 10.6. The van der Waals surface area contributed by atoms with Crippen molar-refractivity contribution in [2.24, 2.45) is 0 Å². The van der Waals surface area contributed by atoms with Crippen LogP contribution in [-0.2, 0) is 4.79 Å². The summed E-state index contributed by atoms with van der Waals surface area (Å²) >= 11 is 0. The van der Waals surface area contributed by atoms with Crippen molar-refractivity contribution >= 4 is 11.7 Å². The van der Waals surface area contributed by atoms with Gasteiger partial charge >= 0.3 is 0 Å². The number of carbonyl (C=O) groups excluding carboxylic acids is 1. The third-order valence-electron chi connectivity index (χ3n) is 6.78. The van der Waals surface area contributed by atoms with Gasteiger partial charge in [0.15, 0.2) is 0 Å². The van der Waals surface area contributed by atoms with Crippen molar-refractivity contribution in [2.45, 2.75) is 64.5 Å². The van der Waals surface area contributed by atoms with E-state index in [1.807, 2.05) is 4.90 Å². The molecule has 7 nitrogen and oxygen atoms in total. The smallest absolute Gasteiger partial charge is 0.231 e. The van der Waals surface area contributed by atoms with Crippen LogP contribution < -0.4 is 10.2 Å². The molecule has 1 aromatic heterocycles. The van der Waals surface area contributed by atoms with Gasteiger partial charge in [0.05, 0.1) is 17.7 Å². The summed E-state index contributed by atoms with van der Waals surface area (Å²) < 4.78 is 0. The lowest BCUT2D eigenvalue weighted by Gasteiger charge is -2.38. The van der Waals surface area contributed by atoms with E-state index < -0.39 is 6.10 Å². The van der Waals surface area contributed by atoms with Crippen molar-refractivity contribution in [3.8, 4) is 0 Å². The zero-order valence-electron chi connectivity index (χ0n) is 20.5. The molecule has 1 aliphatic heterocycles. The molecule has 2 aromatic rings. The maximum Gasteiger partial charge on any atom is 0.231 e. The van der Waals surface area contributed by atoms with E-state index in [4.69, 9.17) is 0 Å². The molecular weight excluding hydrogens is 414 g/mol. The Labute approximate surface area is 197 Å². The molecule has 2 heterocycles. The van der Waals surface area contributed by atoms with Crippen LogP contribution in [0, 0.1) is 6.92 Å². The summed E-state index contributed by atoms with van der Waals surface area (Å²) in [4.78, 5) is 26.8. The maximum absolute atomic E-state index is 13.6. The lowest BCUT2D eigenvalue weighted by atomic mass is 9.94. The number of hydrogen-bond acceptors (Lipinski definition) is 6. The highest BCUT2D eigenvalue weighted by atomic mass is 16.3. The number of nitrogens with one attached hydrogen (secondary N) is 1. The number of rotatable bonds is 5. The molecule has 1 saturated heterocycles. The SMILES string of the molecule is Cc1ccc([C@@H](CNC(C)(C)C)C(=O)N2CCN(c3ncnc4c3[C@H](C)C[C@H]4O)CC2)cc1. The van der Waals surface area contributed by atoms with Gasteiger partial charge < -0.3 is 20.2 Å². The zero-order chi connectivity index (χ0) is 23.8. The topological polar surface area (TPSA) is 81.6 Å². The van der Waals surface area contributed by atoms with Crippen LogP contribution in [0.1, 0.15) is 74.4 Å². The molecular formula is C26H37N5O2. The summed E-state index contributed by atoms with van der Waals surface area (Å²) in [5.41, 5.74) is 4.02. The van der Waals surface area contributed by atoms with Gasteiger partial charge in [-0.05, 0) is 45.6 Å². The molecule has 3 atom stereocenters. The molecule has 2 N–H and O–H groups in total. The number of amides is 1. The summed E-state index contributed by atoms with van der Waals surface area (Å²) in [6.45, 7) is 13.9. The number of aromatic nitrogens is 2. The highest BCUT2D eigenvalue weighted by molar-refractivity contribution is 5.84. The third-order valence-corrected chi connectivity index (χ3v) is 6.78. The zero-order valence-corrected chi connectivity index (χ0v) is 20.5. The number of hydrogen-bond donors (Lipinski definition) is 2. The first-order valence-electron chi connectivity index (χ1n) is 12.0. The Morgan fingerprint density at radius 2 is 1.82 bits per heavy atom. The van der Waals surface area contributed by atoms with Gasteiger partial charge in [0.25, 0.3) is 0 Å². The molecule has 0 saturated carbocycles. The minimum Gasteiger partial charge on any atom is -0.387 e. The molecule has 178 valence electrons. The van der Waals surface area contributed by atoms with Gasteiger partial charge in [0, 0.05) is 43.8 Å². The van der Waals surface area contributed by atoms with Gasteiger partial charge in [-0.1, -0.05) is 36.8 Å². The van der Waals surface area contributed by atoms with Gasteiger partial charge in [-0.2, -0.15) is 0 Å². The second-order valence-electron chi connectivity index (χ2n) is 10.6. The molecule has 4 rings (SSSR count). The highest BCUT2D eigenvalue weighted by Crippen LogP contribution is 2.42. The maximum atomic E-state index is 13.6. The van der Waals surface area contributed by atoms with Gasteiger partial charge in [-0.25, -0.2) is 9.97 Å². The Morgan fingerprint density at radius 3 is 2.45 bits per heavy atom. The van der Waals surface area contributed by atoms with Crippen molar-refractivity contribution < 1.29 is 9.90 Å². The van der Waals surface area contributed by atoms with E-state index in [0.29, 0.717) is 26.1 Å². The fraction of sp³-hybridized carbons (Fsp3) is 0.577. The number of piperazine rings is 1. The van der Waals surface area contributed by atoms with Gasteiger partial charge in [-0.3, -0.25) is 4.79 Å². The summed E-state index contributed by atoms with van der Waals surface area (Å²) in [6, 6.07) is 8.32. The van der Waals surface area contributed by atoms with E-state index in [1.165, 1.54) is 5.56 Å². The number of nitrogens with zero attached hydrogens (tertiary/aromatic N) is 4. The van der Waals surface area contributed by atoms with E-state index >= 15 is 0 Å². The fourth-order valence-corrected chi connectivity index (χ4v) is 4.87. The number of carbonyl (C=O) groups is 1. The average Bonchev–Trinajstić information content (AvgIpc) is 3.08. The standard InChI is InChI=1S/C26H37N5O2/c1-17-6-8-19(9-7-17)20(15-29-26(3,4)5)25(33)31-12-10-30(11-13-31)24-22-18(2)14-21(32)23(22)27-16-28-24/h6-9,16,18,20-21,29,32H,10-15H2,1-5H3/t18-,20-,21-/m1/s1. The molecule has 1 aromatic carbocycles. The van der Waals surface area contributed by atoms with E-state index in [2.05, 4.69) is 79.1 Å². The summed E-state index contributed by atoms with van der Waals surface area (Å²) in [6.07, 6.45) is 1.74. The first kappa shape index (κ1) is 23.6. The van der Waals surface area contributed by atoms with E-state index in [9.17, 15) is 9.90 Å². The van der Waals surface area contributed by atoms with E-state index in [-0.39, 0.29) is 23.3 Å². The second kappa shape index (κ2) is 9.39. The quantitative estimate of drug-likeness (QED) is 0.727. The summed E-state index contributed by atoms with van der Waals surface area (Å²) in [5, 5.41) is 13.8. The van der Waals surface area contributed by atoms with Crippen LogP contribution in [-0.4, -0.2) is 64.1 Å². The molecule has 0 radical (unpaired) electrons. The number of aliphatic hydroxyl groups is 1. The summed E-state index contributed by atoms with van der Waals surface area (Å²) in [7, 11) is 0. The molecule has 0 bridgehead atoms. The monoisotopic (exact) mass is 451 g/mol. The minimum absolute atomic E-state index is 0.0590. The Morgan fingerprint density at radius 1 is 1.15 bits per heavy atom. The van der Waals surface area contributed by atoms with Gasteiger partial charge in [0.1, 0.15) is 12.1 Å². The molecule has 2 aliphatic rings. The van der Waals surface area contributed by atoms with Crippen molar-refractivity contribution in [1.29, 1.82) is 0 Å². The minimum atomic E-state index is -0.509. The predicted molar refractivity (Wildman–Crippen MR) is 130 cm³/mol. The van der Waals surface area contributed by atoms with Crippen molar-refractivity contribution in [1.82, 2.24) is 20.2 Å². The molecule has 1 aliphatic carbocycles. The molecule has 1 fully saturated rings. The van der Waals surface area contributed by atoms with Crippen LogP contribution in [0.5, 0.6) is 0 Å². The van der Waals surface area contributed by atoms with Crippen LogP contribution in [0.4, 0.5) is 5.82 Å². The van der Waals surface area contributed by atoms with E-state index in [0.717, 1.165) is 35.7 Å². The molecule has 0 spiro atoms. The number of anilines is 1. The largest absolute Gasteiger partial charge is 0.387 e. The lowest BCUT2D eigenvalue weighted by molar-refractivity contribution is -0.133. The lowest BCUT2D eigenvalue weighted by Crippen LogP contribution is -2.52. The number of aryl methyl sites for hydroxylation is 1. The van der Waals surface area contributed by atoms with Crippen LogP contribution in [0.15, 0.2) is 30.6 Å². The number of fused-ring (bicyclic) bond motifs is 1. The Bertz CT molecular complexity index is 977. The van der Waals surface area contributed by atoms with Gasteiger partial charge in [-0.15, -0.1) is 0 Å². The van der Waals surface area contributed by atoms with Crippen LogP contribution in [0.25, 0.3) is 0 Å². The Hall–Kier alpha value is -2.51. The average molecular weight is 452 g/mol. The Kier molecular flexibility index (Phi) is 6.73. The van der Waals surface area contributed by atoms with Crippen LogP contribution >= 0.6 is 0 Å². The summed E-state index contributed by atoms with van der Waals surface area (Å²) in [5.74, 6) is 1.11. The van der Waals surface area contributed by atoms with Crippen molar-refractivity contribution in [2.75, 3.05) is 37.6 Å². The first-order chi connectivity index (χ1) is 15.6. The van der Waals surface area contributed by atoms with Gasteiger partial charge in [0.2, 0.25) is 5.91 Å². The first-order valence-corrected chi connectivity index (χ1v) is 12.0. The molecule has 0 unspecified atom stereocenters. The Balaban J connectivity index is 1.48. The van der Waals surface area contributed by atoms with E-state index in [1.54, 1.807) is 6.33 Å². The molecule has 33 heavy (non-hydrogen) atoms. The molecule has 1 amide bonds. The predicted octanol–water partition coefficient (Wildman–Crippen LogP) is 3.15. The normalized spacial score (nSPS) is 21.8. The number of aliphatic hydroxyl groups excluding tert-OH is 1. The van der Waals surface area contributed by atoms with Crippen LogP contribution in [0.3, 0.4) is 0 Å². The molecule has 7 heteroatoms. The third kappa shape index (κ3) is 5.20. The van der Waals surface area contributed by atoms with Crippen molar-refractivity contribution in [3.05, 3.63) is 53.0 Å². The highest BCUT2D eigenvalue weighted by Gasteiger charge is 2.35. The fourth-order valence-electron chi connectivity index (χ4n) is 4.87. The van der Waals surface area contributed by atoms with Crippen molar-refractivity contribution in [3.63, 3.8) is 0 Å². The van der Waals surface area contributed by atoms with Crippen LogP contribution in [0.2, 0.25) is 0 Å². The number of benzene rings is 1.